The average molecular weight is 308 g/mol. The van der Waals surface area contributed by atoms with Gasteiger partial charge >= 0.3 is 10.2 Å². The molecule has 0 spiro atoms. The Bertz CT molecular complexity index is 429. The fourth-order valence-electron chi connectivity index (χ4n) is 1.21. The van der Waals surface area contributed by atoms with E-state index in [1.54, 1.807) is 26.0 Å². The van der Waals surface area contributed by atoms with Gasteiger partial charge in [0, 0.05) is 13.1 Å². The van der Waals surface area contributed by atoms with Gasteiger partial charge in [-0.3, -0.25) is 4.72 Å². The summed E-state index contributed by atoms with van der Waals surface area (Å²) in [5, 5.41) is 0. The molecule has 1 heterocycles. The number of hydrogen-bond donors (Lipinski definition) is 1. The first-order valence-corrected chi connectivity index (χ1v) is 7.12. The summed E-state index contributed by atoms with van der Waals surface area (Å²) in [6, 6.07) is 3.33. The average Bonchev–Trinajstić information content (AvgIpc) is 2.22. The predicted octanol–water partition coefficient (Wildman–Crippen LogP) is 1.84. The number of rotatable bonds is 5. The summed E-state index contributed by atoms with van der Waals surface area (Å²) >= 11 is 3.18. The van der Waals surface area contributed by atoms with Gasteiger partial charge in [0.1, 0.15) is 4.60 Å². The highest BCUT2D eigenvalue weighted by molar-refractivity contribution is 9.10. The maximum atomic E-state index is 11.8. The Kier molecular flexibility index (Phi) is 4.69. The minimum absolute atomic E-state index is 0.440. The van der Waals surface area contributed by atoms with Crippen molar-refractivity contribution in [3.05, 3.63) is 22.9 Å². The topological polar surface area (TPSA) is 62.3 Å². The molecular formula is C9H14BrN3O2S. The number of halogens is 1. The highest BCUT2D eigenvalue weighted by Crippen LogP contribution is 2.13. The van der Waals surface area contributed by atoms with E-state index < -0.39 is 10.2 Å². The Hall–Kier alpha value is -0.660. The summed E-state index contributed by atoms with van der Waals surface area (Å²) in [4.78, 5) is 3.95. The summed E-state index contributed by atoms with van der Waals surface area (Å²) in [5.74, 6) is 0. The maximum Gasteiger partial charge on any atom is 0.301 e. The van der Waals surface area contributed by atoms with Gasteiger partial charge in [0.15, 0.2) is 0 Å². The highest BCUT2D eigenvalue weighted by Gasteiger charge is 2.18. The lowest BCUT2D eigenvalue weighted by atomic mass is 10.4. The minimum Gasteiger partial charge on any atom is -0.269 e. The van der Waals surface area contributed by atoms with Crippen LogP contribution >= 0.6 is 15.9 Å². The van der Waals surface area contributed by atoms with Gasteiger partial charge in [0.2, 0.25) is 0 Å². The number of hydrogen-bond acceptors (Lipinski definition) is 3. The van der Waals surface area contributed by atoms with Crippen LogP contribution in [0.5, 0.6) is 0 Å². The van der Waals surface area contributed by atoms with Crippen molar-refractivity contribution in [2.24, 2.45) is 0 Å². The number of nitrogens with one attached hydrogen (secondary N) is 1. The molecule has 0 fully saturated rings. The summed E-state index contributed by atoms with van der Waals surface area (Å²) in [6.45, 7) is 4.47. The Balaban J connectivity index is 2.84. The van der Waals surface area contributed by atoms with Crippen LogP contribution in [-0.2, 0) is 10.2 Å². The molecule has 1 aromatic heterocycles. The lowest BCUT2D eigenvalue weighted by Gasteiger charge is -2.19. The number of anilines is 1. The molecule has 1 N–H and O–H groups in total. The second kappa shape index (κ2) is 5.60. The molecule has 0 unspecified atom stereocenters. The van der Waals surface area contributed by atoms with Crippen LogP contribution in [-0.4, -0.2) is 30.8 Å². The van der Waals surface area contributed by atoms with Gasteiger partial charge in [-0.15, -0.1) is 0 Å². The van der Waals surface area contributed by atoms with Crippen LogP contribution < -0.4 is 4.72 Å². The van der Waals surface area contributed by atoms with E-state index in [2.05, 4.69) is 25.6 Å². The van der Waals surface area contributed by atoms with E-state index in [1.165, 1.54) is 10.5 Å². The third kappa shape index (κ3) is 3.43. The Morgan fingerprint density at radius 3 is 2.44 bits per heavy atom. The van der Waals surface area contributed by atoms with E-state index in [4.69, 9.17) is 0 Å². The van der Waals surface area contributed by atoms with Crippen LogP contribution in [0.3, 0.4) is 0 Å². The zero-order chi connectivity index (χ0) is 12.2. The van der Waals surface area contributed by atoms with E-state index in [9.17, 15) is 8.42 Å². The fourth-order valence-corrected chi connectivity index (χ4v) is 2.68. The van der Waals surface area contributed by atoms with Gasteiger partial charge in [0.05, 0.1) is 11.9 Å². The molecule has 0 saturated carbocycles. The summed E-state index contributed by atoms with van der Waals surface area (Å²) in [5.41, 5.74) is 0.454. The SMILES string of the molecule is CCN(CC)S(=O)(=O)Nc1ccc(Br)nc1. The Labute approximate surface area is 104 Å². The van der Waals surface area contributed by atoms with Crippen molar-refractivity contribution in [2.45, 2.75) is 13.8 Å². The third-order valence-electron chi connectivity index (χ3n) is 2.02. The van der Waals surface area contributed by atoms with E-state index in [0.717, 1.165) is 0 Å². The standard InChI is InChI=1S/C9H14BrN3O2S/c1-3-13(4-2)16(14,15)12-8-5-6-9(10)11-7-8/h5-7,12H,3-4H2,1-2H3. The third-order valence-corrected chi connectivity index (χ3v) is 4.18. The van der Waals surface area contributed by atoms with Crippen molar-refractivity contribution in [2.75, 3.05) is 17.8 Å². The summed E-state index contributed by atoms with van der Waals surface area (Å²) < 4.78 is 28.1. The summed E-state index contributed by atoms with van der Waals surface area (Å²) in [6.07, 6.45) is 1.46. The van der Waals surface area contributed by atoms with E-state index in [0.29, 0.717) is 23.4 Å². The Morgan fingerprint density at radius 1 is 1.38 bits per heavy atom. The van der Waals surface area contributed by atoms with Crippen molar-refractivity contribution >= 4 is 31.8 Å². The van der Waals surface area contributed by atoms with E-state index in [1.807, 2.05) is 0 Å². The maximum absolute atomic E-state index is 11.8. The molecule has 0 aromatic carbocycles. The zero-order valence-corrected chi connectivity index (χ0v) is 11.5. The first-order valence-electron chi connectivity index (χ1n) is 4.89. The smallest absolute Gasteiger partial charge is 0.269 e. The van der Waals surface area contributed by atoms with E-state index in [-0.39, 0.29) is 0 Å². The molecule has 16 heavy (non-hydrogen) atoms. The van der Waals surface area contributed by atoms with Crippen molar-refractivity contribution in [3.8, 4) is 0 Å². The van der Waals surface area contributed by atoms with Gasteiger partial charge in [-0.2, -0.15) is 12.7 Å². The molecular weight excluding hydrogens is 294 g/mol. The molecule has 1 rings (SSSR count). The monoisotopic (exact) mass is 307 g/mol. The van der Waals surface area contributed by atoms with Crippen molar-refractivity contribution in [3.63, 3.8) is 0 Å². The first-order chi connectivity index (χ1) is 7.49. The highest BCUT2D eigenvalue weighted by atomic mass is 79.9. The van der Waals surface area contributed by atoms with Crippen LogP contribution in [0.2, 0.25) is 0 Å². The fraction of sp³-hybridized carbons (Fsp3) is 0.444. The van der Waals surface area contributed by atoms with E-state index >= 15 is 0 Å². The van der Waals surface area contributed by atoms with Crippen LogP contribution in [0.15, 0.2) is 22.9 Å². The van der Waals surface area contributed by atoms with Crippen LogP contribution in [0, 0.1) is 0 Å². The van der Waals surface area contributed by atoms with Gasteiger partial charge in [0.25, 0.3) is 0 Å². The van der Waals surface area contributed by atoms with Crippen molar-refractivity contribution in [1.82, 2.24) is 9.29 Å². The molecule has 0 bridgehead atoms. The van der Waals surface area contributed by atoms with Crippen molar-refractivity contribution in [1.29, 1.82) is 0 Å². The quantitative estimate of drug-likeness (QED) is 0.844. The zero-order valence-electron chi connectivity index (χ0n) is 9.14. The molecule has 7 heteroatoms. The molecule has 90 valence electrons. The van der Waals surface area contributed by atoms with Crippen LogP contribution in [0.1, 0.15) is 13.8 Å². The number of aromatic nitrogens is 1. The number of pyridine rings is 1. The van der Waals surface area contributed by atoms with Crippen LogP contribution in [0.4, 0.5) is 5.69 Å². The molecule has 0 aliphatic heterocycles. The number of nitrogens with zero attached hydrogens (tertiary/aromatic N) is 2. The molecule has 0 saturated heterocycles. The van der Waals surface area contributed by atoms with Gasteiger partial charge in [-0.25, -0.2) is 4.98 Å². The molecule has 1 aromatic rings. The minimum atomic E-state index is -3.46. The molecule has 0 aliphatic rings. The molecule has 5 nitrogen and oxygen atoms in total. The molecule has 0 atom stereocenters. The molecule has 0 radical (unpaired) electrons. The van der Waals surface area contributed by atoms with Gasteiger partial charge in [-0.1, -0.05) is 13.8 Å². The summed E-state index contributed by atoms with van der Waals surface area (Å²) in [7, 11) is -3.46. The van der Waals surface area contributed by atoms with Crippen molar-refractivity contribution < 1.29 is 8.42 Å². The van der Waals surface area contributed by atoms with Crippen LogP contribution in [0.25, 0.3) is 0 Å². The predicted molar refractivity (Wildman–Crippen MR) is 67.4 cm³/mol. The van der Waals surface area contributed by atoms with Gasteiger partial charge in [-0.05, 0) is 28.1 Å². The largest absolute Gasteiger partial charge is 0.301 e. The second-order valence-electron chi connectivity index (χ2n) is 3.06. The molecule has 0 amide bonds. The lowest BCUT2D eigenvalue weighted by molar-refractivity contribution is 0.449. The lowest BCUT2D eigenvalue weighted by Crippen LogP contribution is -2.35. The normalized spacial score (nSPS) is 11.8. The first kappa shape index (κ1) is 13.4. The van der Waals surface area contributed by atoms with Gasteiger partial charge < -0.3 is 0 Å². The molecule has 0 aliphatic carbocycles. The second-order valence-corrected chi connectivity index (χ2v) is 5.54. The Morgan fingerprint density at radius 2 is 2.00 bits per heavy atom.